The Labute approximate surface area is 172 Å². The van der Waals surface area contributed by atoms with Crippen LogP contribution in [0.2, 0.25) is 0 Å². The van der Waals surface area contributed by atoms with Crippen molar-refractivity contribution in [3.8, 4) is 5.75 Å². The van der Waals surface area contributed by atoms with Crippen LogP contribution in [-0.2, 0) is 20.9 Å². The third-order valence-electron chi connectivity index (χ3n) is 4.17. The van der Waals surface area contributed by atoms with Crippen LogP contribution in [0.4, 0.5) is 4.39 Å². The lowest BCUT2D eigenvalue weighted by molar-refractivity contribution is -0.145. The van der Waals surface area contributed by atoms with Crippen molar-refractivity contribution in [2.75, 3.05) is 13.2 Å². The molecule has 0 atom stereocenters. The number of benzene rings is 2. The van der Waals surface area contributed by atoms with Gasteiger partial charge in [-0.15, -0.1) is 11.3 Å². The Kier molecular flexibility index (Phi) is 6.82. The zero-order valence-electron chi connectivity index (χ0n) is 16.2. The van der Waals surface area contributed by atoms with Gasteiger partial charge in [-0.25, -0.2) is 9.18 Å². The fourth-order valence-corrected chi connectivity index (χ4v) is 3.96. The maximum Gasteiger partial charge on any atom is 0.348 e. The van der Waals surface area contributed by atoms with E-state index >= 15 is 0 Å². The van der Waals surface area contributed by atoms with Crippen LogP contribution < -0.4 is 4.74 Å². The lowest BCUT2D eigenvalue weighted by Crippen LogP contribution is -2.12. The summed E-state index contributed by atoms with van der Waals surface area (Å²) in [5.74, 6) is -0.846. The van der Waals surface area contributed by atoms with Gasteiger partial charge in [-0.3, -0.25) is 4.79 Å². The molecule has 0 saturated heterocycles. The predicted octanol–water partition coefficient (Wildman–Crippen LogP) is 5.04. The summed E-state index contributed by atoms with van der Waals surface area (Å²) < 4.78 is 30.8. The summed E-state index contributed by atoms with van der Waals surface area (Å²) in [6, 6.07) is 12.1. The van der Waals surface area contributed by atoms with Crippen LogP contribution in [0.15, 0.2) is 42.5 Å². The van der Waals surface area contributed by atoms with Gasteiger partial charge in [0.1, 0.15) is 23.1 Å². The zero-order chi connectivity index (χ0) is 20.8. The van der Waals surface area contributed by atoms with E-state index in [9.17, 15) is 14.0 Å². The molecule has 0 spiro atoms. The fourth-order valence-electron chi connectivity index (χ4n) is 2.85. The molecule has 0 aliphatic rings. The third-order valence-corrected chi connectivity index (χ3v) is 5.34. The number of thiophene rings is 1. The van der Waals surface area contributed by atoms with E-state index in [2.05, 4.69) is 0 Å². The highest BCUT2D eigenvalue weighted by atomic mass is 32.1. The molecule has 0 unspecified atom stereocenters. The van der Waals surface area contributed by atoms with Gasteiger partial charge in [-0.05, 0) is 43.7 Å². The largest absolute Gasteiger partial charge is 0.493 e. The first kappa shape index (κ1) is 20.8. The number of hydrogen-bond donors (Lipinski definition) is 0. The van der Waals surface area contributed by atoms with Gasteiger partial charge >= 0.3 is 11.9 Å². The monoisotopic (exact) mass is 416 g/mol. The number of carbonyl (C=O) groups excluding carboxylic acids is 2. The lowest BCUT2D eigenvalue weighted by Gasteiger charge is -2.09. The summed E-state index contributed by atoms with van der Waals surface area (Å²) in [6.45, 7) is 3.79. The summed E-state index contributed by atoms with van der Waals surface area (Å²) in [6.07, 6.45) is 0.0350. The molecule has 3 aromatic rings. The van der Waals surface area contributed by atoms with E-state index in [1.165, 1.54) is 6.07 Å². The second-order valence-electron chi connectivity index (χ2n) is 6.32. The maximum atomic E-state index is 14.4. The van der Waals surface area contributed by atoms with E-state index in [0.29, 0.717) is 16.0 Å². The Morgan fingerprint density at radius 1 is 1.10 bits per heavy atom. The Hall–Kier alpha value is -2.93. The Balaban J connectivity index is 1.66. The predicted molar refractivity (Wildman–Crippen MR) is 109 cm³/mol. The van der Waals surface area contributed by atoms with Crippen molar-refractivity contribution in [1.29, 1.82) is 0 Å². The second kappa shape index (κ2) is 9.52. The van der Waals surface area contributed by atoms with Gasteiger partial charge in [0.05, 0.1) is 19.6 Å². The average Bonchev–Trinajstić information content (AvgIpc) is 3.07. The molecule has 0 fully saturated rings. The van der Waals surface area contributed by atoms with Gasteiger partial charge in [0.15, 0.2) is 0 Å². The van der Waals surface area contributed by atoms with Crippen LogP contribution in [0.5, 0.6) is 5.75 Å². The lowest BCUT2D eigenvalue weighted by atomic mass is 10.1. The van der Waals surface area contributed by atoms with E-state index in [4.69, 9.17) is 14.2 Å². The molecule has 0 saturated carbocycles. The van der Waals surface area contributed by atoms with E-state index in [1.54, 1.807) is 19.1 Å². The Morgan fingerprint density at radius 3 is 2.66 bits per heavy atom. The summed E-state index contributed by atoms with van der Waals surface area (Å²) in [5, 5.41) is 0.282. The second-order valence-corrected chi connectivity index (χ2v) is 7.37. The van der Waals surface area contributed by atoms with Crippen molar-refractivity contribution >= 4 is 33.4 Å². The summed E-state index contributed by atoms with van der Waals surface area (Å²) in [5.41, 5.74) is 1.39. The molecule has 7 heteroatoms. The van der Waals surface area contributed by atoms with Crippen molar-refractivity contribution in [2.45, 2.75) is 26.9 Å². The van der Waals surface area contributed by atoms with E-state index in [0.717, 1.165) is 16.9 Å². The molecule has 5 nitrogen and oxygen atoms in total. The molecule has 0 aliphatic heterocycles. The maximum absolute atomic E-state index is 14.4. The zero-order valence-corrected chi connectivity index (χ0v) is 17.0. The molecule has 1 heterocycles. The standard InChI is InChI=1S/C22H21FO5S/c1-3-26-22(25)21-16(20-17(23)8-5-9-18(20)29-21)13-28-19(24)10-11-27-15-7-4-6-14(2)12-15/h4-9,12H,3,10-11,13H2,1-2H3. The van der Waals surface area contributed by atoms with Crippen molar-refractivity contribution in [3.05, 3.63) is 64.3 Å². The molecule has 0 N–H and O–H groups in total. The Morgan fingerprint density at radius 2 is 1.90 bits per heavy atom. The van der Waals surface area contributed by atoms with Gasteiger partial charge < -0.3 is 14.2 Å². The number of aryl methyl sites for hydroxylation is 1. The number of carbonyl (C=O) groups is 2. The highest BCUT2D eigenvalue weighted by Gasteiger charge is 2.22. The summed E-state index contributed by atoms with van der Waals surface area (Å²) >= 11 is 1.12. The van der Waals surface area contributed by atoms with Crippen LogP contribution in [-0.4, -0.2) is 25.2 Å². The number of hydrogen-bond acceptors (Lipinski definition) is 6. The first-order valence-electron chi connectivity index (χ1n) is 9.21. The minimum atomic E-state index is -0.554. The molecule has 0 radical (unpaired) electrons. The topological polar surface area (TPSA) is 61.8 Å². The summed E-state index contributed by atoms with van der Waals surface area (Å²) in [7, 11) is 0. The molecule has 152 valence electrons. The Bertz CT molecular complexity index is 1030. The number of halogens is 1. The van der Waals surface area contributed by atoms with Gasteiger partial charge in [0, 0.05) is 15.6 Å². The quantitative estimate of drug-likeness (QED) is 0.482. The van der Waals surface area contributed by atoms with E-state index < -0.39 is 17.8 Å². The smallest absolute Gasteiger partial charge is 0.348 e. The molecule has 0 amide bonds. The molecule has 0 bridgehead atoms. The number of esters is 2. The molecule has 0 aliphatic carbocycles. The first-order chi connectivity index (χ1) is 14.0. The highest BCUT2D eigenvalue weighted by Crippen LogP contribution is 2.34. The molecule has 1 aromatic heterocycles. The highest BCUT2D eigenvalue weighted by molar-refractivity contribution is 7.21. The molecule has 2 aromatic carbocycles. The third kappa shape index (κ3) is 5.12. The van der Waals surface area contributed by atoms with Crippen LogP contribution in [0.3, 0.4) is 0 Å². The van der Waals surface area contributed by atoms with Crippen LogP contribution in [0, 0.1) is 12.7 Å². The summed E-state index contributed by atoms with van der Waals surface area (Å²) in [4.78, 5) is 24.6. The van der Waals surface area contributed by atoms with Crippen molar-refractivity contribution in [2.24, 2.45) is 0 Å². The van der Waals surface area contributed by atoms with Gasteiger partial charge in [0.25, 0.3) is 0 Å². The first-order valence-corrected chi connectivity index (χ1v) is 10.0. The van der Waals surface area contributed by atoms with E-state index in [1.807, 2.05) is 31.2 Å². The van der Waals surface area contributed by atoms with Crippen LogP contribution in [0.25, 0.3) is 10.1 Å². The van der Waals surface area contributed by atoms with Crippen molar-refractivity contribution in [1.82, 2.24) is 0 Å². The number of fused-ring (bicyclic) bond motifs is 1. The minimum absolute atomic E-state index is 0.0350. The van der Waals surface area contributed by atoms with Crippen LogP contribution >= 0.6 is 11.3 Å². The van der Waals surface area contributed by atoms with Crippen molar-refractivity contribution in [3.63, 3.8) is 0 Å². The molecule has 29 heavy (non-hydrogen) atoms. The molecular formula is C22H21FO5S. The molecular weight excluding hydrogens is 395 g/mol. The van der Waals surface area contributed by atoms with Crippen molar-refractivity contribution < 1.29 is 28.2 Å². The van der Waals surface area contributed by atoms with E-state index in [-0.39, 0.29) is 36.5 Å². The van der Waals surface area contributed by atoms with Gasteiger partial charge in [0.2, 0.25) is 0 Å². The van der Waals surface area contributed by atoms with Gasteiger partial charge in [-0.1, -0.05) is 18.2 Å². The van der Waals surface area contributed by atoms with Crippen LogP contribution in [0.1, 0.15) is 34.1 Å². The average molecular weight is 416 g/mol. The fraction of sp³-hybridized carbons (Fsp3) is 0.273. The SMILES string of the molecule is CCOC(=O)c1sc2cccc(F)c2c1COC(=O)CCOc1cccc(C)c1. The molecule has 3 rings (SSSR count). The number of rotatable bonds is 8. The minimum Gasteiger partial charge on any atom is -0.493 e. The van der Waals surface area contributed by atoms with Gasteiger partial charge in [-0.2, -0.15) is 0 Å². The normalized spacial score (nSPS) is 10.7. The number of ether oxygens (including phenoxy) is 3.